The molecule has 1 aliphatic carbocycles. The Hall–Kier alpha value is -1.23. The maximum atomic E-state index is 13.8. The summed E-state index contributed by atoms with van der Waals surface area (Å²) < 4.78 is 15.8. The van der Waals surface area contributed by atoms with Crippen molar-refractivity contribution in [1.29, 1.82) is 0 Å². The minimum absolute atomic E-state index is 0.292. The lowest BCUT2D eigenvalue weighted by molar-refractivity contribution is 0.371. The van der Waals surface area contributed by atoms with Crippen molar-refractivity contribution in [2.75, 3.05) is 12.0 Å². The van der Waals surface area contributed by atoms with E-state index in [1.54, 1.807) is 6.07 Å². The van der Waals surface area contributed by atoms with Crippen LogP contribution in [0.1, 0.15) is 31.7 Å². The van der Waals surface area contributed by atoms with Gasteiger partial charge in [-0.1, -0.05) is 12.5 Å². The maximum absolute atomic E-state index is 13.8. The van der Waals surface area contributed by atoms with Gasteiger partial charge in [-0.25, -0.2) is 9.37 Å². The first-order chi connectivity index (χ1) is 9.20. The Morgan fingerprint density at radius 1 is 1.42 bits per heavy atom. The number of hydrogen-bond acceptors (Lipinski definition) is 3. The number of para-hydroxylation sites is 1. The van der Waals surface area contributed by atoms with E-state index in [2.05, 4.69) is 11.2 Å². The van der Waals surface area contributed by atoms with Gasteiger partial charge in [0.05, 0.1) is 5.52 Å². The second-order valence-electron chi connectivity index (χ2n) is 5.13. The van der Waals surface area contributed by atoms with Crippen LogP contribution in [0.25, 0.3) is 11.0 Å². The van der Waals surface area contributed by atoms with Crippen LogP contribution in [0.5, 0.6) is 0 Å². The fourth-order valence-electron chi connectivity index (χ4n) is 3.05. The summed E-state index contributed by atoms with van der Waals surface area (Å²) in [6.07, 6.45) is 6.81. The molecule has 1 saturated carbocycles. The molecule has 0 bridgehead atoms. The Kier molecular flexibility index (Phi) is 3.39. The summed E-state index contributed by atoms with van der Waals surface area (Å²) in [4.78, 5) is 4.20. The van der Waals surface area contributed by atoms with Crippen molar-refractivity contribution in [1.82, 2.24) is 9.55 Å². The van der Waals surface area contributed by atoms with Crippen LogP contribution in [0.3, 0.4) is 0 Å². The lowest BCUT2D eigenvalue weighted by Gasteiger charge is -2.29. The van der Waals surface area contributed by atoms with Crippen LogP contribution < -0.4 is 5.73 Å². The highest BCUT2D eigenvalue weighted by molar-refractivity contribution is 7.99. The molecular weight excluding hydrogens is 261 g/mol. The molecule has 0 radical (unpaired) electrons. The van der Waals surface area contributed by atoms with E-state index in [9.17, 15) is 4.39 Å². The molecule has 1 heterocycles. The van der Waals surface area contributed by atoms with Gasteiger partial charge in [0.2, 0.25) is 5.95 Å². The van der Waals surface area contributed by atoms with Crippen LogP contribution in [0.4, 0.5) is 10.3 Å². The molecule has 5 heteroatoms. The normalized spacial score (nSPS) is 23.9. The molecule has 0 saturated heterocycles. The number of aromatic nitrogens is 2. The van der Waals surface area contributed by atoms with Crippen LogP contribution >= 0.6 is 11.8 Å². The quantitative estimate of drug-likeness (QED) is 0.913. The topological polar surface area (TPSA) is 43.8 Å². The highest BCUT2D eigenvalue weighted by Gasteiger charge is 2.26. The number of hydrogen-bond donors (Lipinski definition) is 1. The molecule has 2 unspecified atom stereocenters. The van der Waals surface area contributed by atoms with E-state index in [1.165, 1.54) is 18.9 Å². The number of halogens is 1. The fraction of sp³-hybridized carbons (Fsp3) is 0.500. The van der Waals surface area contributed by atoms with Crippen molar-refractivity contribution in [2.24, 2.45) is 0 Å². The molecular formula is C14H18FN3S. The molecule has 1 aromatic carbocycles. The average Bonchev–Trinajstić information content (AvgIpc) is 2.77. The summed E-state index contributed by atoms with van der Waals surface area (Å²) in [5.74, 6) is 0.145. The van der Waals surface area contributed by atoms with Gasteiger partial charge in [-0.2, -0.15) is 11.8 Å². The summed E-state index contributed by atoms with van der Waals surface area (Å²) in [7, 11) is 0. The molecule has 0 amide bonds. The molecule has 0 spiro atoms. The smallest absolute Gasteiger partial charge is 0.201 e. The third kappa shape index (κ3) is 2.20. The van der Waals surface area contributed by atoms with Crippen LogP contribution in [-0.4, -0.2) is 21.1 Å². The standard InChI is InChI=1S/C14H18FN3S/c1-19-10-5-2-4-9(8-10)18-12-7-3-6-11(15)13(12)17-14(18)16/h3,6-7,9-10H,2,4-5,8H2,1H3,(H2,16,17). The van der Waals surface area contributed by atoms with Crippen molar-refractivity contribution >= 4 is 28.7 Å². The SMILES string of the molecule is CSC1CCCC(n2c(N)nc3c(F)cccc32)C1. The van der Waals surface area contributed by atoms with Gasteiger partial charge in [-0.05, 0) is 37.7 Å². The number of anilines is 1. The second kappa shape index (κ2) is 5.04. The summed E-state index contributed by atoms with van der Waals surface area (Å²) in [5.41, 5.74) is 7.24. The van der Waals surface area contributed by atoms with Gasteiger partial charge < -0.3 is 10.3 Å². The van der Waals surface area contributed by atoms with Crippen molar-refractivity contribution < 1.29 is 4.39 Å². The van der Waals surface area contributed by atoms with Crippen LogP contribution in [0.2, 0.25) is 0 Å². The van der Waals surface area contributed by atoms with E-state index < -0.39 is 0 Å². The van der Waals surface area contributed by atoms with Gasteiger partial charge in [0.25, 0.3) is 0 Å². The molecule has 102 valence electrons. The lowest BCUT2D eigenvalue weighted by Crippen LogP contribution is -2.21. The summed E-state index contributed by atoms with van der Waals surface area (Å²) in [6, 6.07) is 5.41. The van der Waals surface area contributed by atoms with Gasteiger partial charge in [0, 0.05) is 11.3 Å². The predicted molar refractivity (Wildman–Crippen MR) is 78.9 cm³/mol. The zero-order valence-corrected chi connectivity index (χ0v) is 11.8. The Bertz CT molecular complexity index is 596. The third-order valence-corrected chi connectivity index (χ3v) is 5.09. The minimum atomic E-state index is -0.292. The molecule has 2 N–H and O–H groups in total. The minimum Gasteiger partial charge on any atom is -0.369 e. The molecule has 3 nitrogen and oxygen atoms in total. The zero-order valence-electron chi connectivity index (χ0n) is 11.0. The molecule has 3 rings (SSSR count). The molecule has 2 aromatic rings. The van der Waals surface area contributed by atoms with Gasteiger partial charge in [0.15, 0.2) is 5.82 Å². The van der Waals surface area contributed by atoms with Crippen molar-refractivity contribution in [3.8, 4) is 0 Å². The number of thioether (sulfide) groups is 1. The molecule has 1 fully saturated rings. The van der Waals surface area contributed by atoms with Crippen LogP contribution in [-0.2, 0) is 0 Å². The number of imidazole rings is 1. The first-order valence-electron chi connectivity index (χ1n) is 6.65. The first-order valence-corrected chi connectivity index (χ1v) is 7.94. The van der Waals surface area contributed by atoms with E-state index in [1.807, 2.05) is 22.4 Å². The Labute approximate surface area is 116 Å². The average molecular weight is 279 g/mol. The van der Waals surface area contributed by atoms with Crippen molar-refractivity contribution in [3.05, 3.63) is 24.0 Å². The Balaban J connectivity index is 2.04. The Morgan fingerprint density at radius 3 is 3.05 bits per heavy atom. The van der Waals surface area contributed by atoms with E-state index in [0.29, 0.717) is 22.8 Å². The number of nitrogen functional groups attached to an aromatic ring is 1. The van der Waals surface area contributed by atoms with Crippen LogP contribution in [0.15, 0.2) is 18.2 Å². The van der Waals surface area contributed by atoms with Gasteiger partial charge in [-0.15, -0.1) is 0 Å². The number of nitrogens with zero attached hydrogens (tertiary/aromatic N) is 2. The molecule has 19 heavy (non-hydrogen) atoms. The van der Waals surface area contributed by atoms with E-state index in [0.717, 1.165) is 18.4 Å². The zero-order chi connectivity index (χ0) is 13.4. The number of benzene rings is 1. The van der Waals surface area contributed by atoms with E-state index in [4.69, 9.17) is 5.73 Å². The summed E-state index contributed by atoms with van der Waals surface area (Å²) in [6.45, 7) is 0. The Morgan fingerprint density at radius 2 is 2.26 bits per heavy atom. The molecule has 1 aromatic heterocycles. The van der Waals surface area contributed by atoms with Gasteiger partial charge in [-0.3, -0.25) is 0 Å². The predicted octanol–water partition coefficient (Wildman–Crippen LogP) is 3.60. The largest absolute Gasteiger partial charge is 0.369 e. The van der Waals surface area contributed by atoms with Crippen molar-refractivity contribution in [2.45, 2.75) is 37.0 Å². The third-order valence-electron chi connectivity index (χ3n) is 4.00. The van der Waals surface area contributed by atoms with Gasteiger partial charge >= 0.3 is 0 Å². The highest BCUT2D eigenvalue weighted by atomic mass is 32.2. The highest BCUT2D eigenvalue weighted by Crippen LogP contribution is 2.37. The van der Waals surface area contributed by atoms with Gasteiger partial charge in [0.1, 0.15) is 5.52 Å². The summed E-state index contributed by atoms with van der Waals surface area (Å²) in [5, 5.41) is 0.671. The van der Waals surface area contributed by atoms with E-state index >= 15 is 0 Å². The number of nitrogens with two attached hydrogens (primary N) is 1. The number of fused-ring (bicyclic) bond motifs is 1. The summed E-state index contributed by atoms with van der Waals surface area (Å²) >= 11 is 1.91. The van der Waals surface area contributed by atoms with Crippen molar-refractivity contribution in [3.63, 3.8) is 0 Å². The molecule has 1 aliphatic rings. The fourth-order valence-corrected chi connectivity index (χ4v) is 3.87. The molecule has 2 atom stereocenters. The van der Waals surface area contributed by atoms with Crippen LogP contribution in [0, 0.1) is 5.82 Å². The maximum Gasteiger partial charge on any atom is 0.201 e. The molecule has 0 aliphatic heterocycles. The lowest BCUT2D eigenvalue weighted by atomic mass is 9.94. The number of rotatable bonds is 2. The monoisotopic (exact) mass is 279 g/mol. The van der Waals surface area contributed by atoms with E-state index in [-0.39, 0.29) is 5.82 Å². The second-order valence-corrected chi connectivity index (χ2v) is 6.26. The first kappa shape index (κ1) is 12.8.